The number of benzene rings is 2. The van der Waals surface area contributed by atoms with E-state index in [9.17, 15) is 9.18 Å². The molecule has 2 aliphatic heterocycles. The Bertz CT molecular complexity index is 1240. The molecule has 3 aromatic rings. The summed E-state index contributed by atoms with van der Waals surface area (Å²) in [5.41, 5.74) is 4.28. The Hall–Kier alpha value is -3.30. The van der Waals surface area contributed by atoms with Crippen LogP contribution in [0.1, 0.15) is 40.2 Å². The lowest BCUT2D eigenvalue weighted by Crippen LogP contribution is -2.36. The van der Waals surface area contributed by atoms with E-state index in [2.05, 4.69) is 20.5 Å². The Morgan fingerprint density at radius 2 is 2.00 bits per heavy atom. The van der Waals surface area contributed by atoms with Crippen molar-refractivity contribution in [3.8, 4) is 0 Å². The van der Waals surface area contributed by atoms with Gasteiger partial charge < -0.3 is 25.2 Å². The summed E-state index contributed by atoms with van der Waals surface area (Å²) in [6.45, 7) is 5.03. The lowest BCUT2D eigenvalue weighted by Gasteiger charge is -2.28. The molecular weight excluding hydrogens is 459 g/mol. The van der Waals surface area contributed by atoms with Gasteiger partial charge in [0.2, 0.25) is 0 Å². The van der Waals surface area contributed by atoms with Crippen molar-refractivity contribution in [1.29, 1.82) is 0 Å². The van der Waals surface area contributed by atoms with Gasteiger partial charge in [0.1, 0.15) is 17.2 Å². The molecule has 0 saturated carbocycles. The molecule has 8 nitrogen and oxygen atoms in total. The summed E-state index contributed by atoms with van der Waals surface area (Å²) in [5, 5.41) is 6.83. The number of rotatable bonds is 6. The smallest absolute Gasteiger partial charge is 0.253 e. The first-order valence-electron chi connectivity index (χ1n) is 12.6. The molecule has 2 aliphatic rings. The number of piperidine rings is 1. The Kier molecular flexibility index (Phi) is 7.29. The number of aromatic nitrogens is 2. The average Bonchev–Trinajstić information content (AvgIpc) is 2.91. The molecule has 0 spiro atoms. The molecule has 190 valence electrons. The number of hydrogen-bond donors (Lipinski definition) is 2. The van der Waals surface area contributed by atoms with Gasteiger partial charge in [-0.05, 0) is 61.2 Å². The van der Waals surface area contributed by atoms with Crippen LogP contribution in [0.4, 0.5) is 15.9 Å². The van der Waals surface area contributed by atoms with Crippen LogP contribution in [-0.4, -0.2) is 74.3 Å². The second-order valence-electron chi connectivity index (χ2n) is 9.61. The number of hydrogen-bond acceptors (Lipinski definition) is 7. The summed E-state index contributed by atoms with van der Waals surface area (Å²) in [5.74, 6) is 0.703. The number of carbonyl (C=O) groups is 1. The molecule has 0 atom stereocenters. The van der Waals surface area contributed by atoms with E-state index >= 15 is 0 Å². The number of halogens is 1. The molecular formula is C27H33FN6O2. The van der Waals surface area contributed by atoms with Crippen molar-refractivity contribution in [2.24, 2.45) is 0 Å². The number of nitrogens with one attached hydrogen (secondary N) is 2. The minimum atomic E-state index is -0.156. The topological polar surface area (TPSA) is 82.6 Å². The molecule has 0 aliphatic carbocycles. The van der Waals surface area contributed by atoms with Gasteiger partial charge >= 0.3 is 0 Å². The SMILES string of the molecule is CN(C)C(=O)c1cc(NCc2cccc(F)c2C2CCNCC2)c2nc(N3CCOCC3)cnc2c1. The predicted octanol–water partition coefficient (Wildman–Crippen LogP) is 3.39. The first kappa shape index (κ1) is 24.4. The van der Waals surface area contributed by atoms with Crippen LogP contribution < -0.4 is 15.5 Å². The third-order valence-electron chi connectivity index (χ3n) is 6.98. The Labute approximate surface area is 210 Å². The van der Waals surface area contributed by atoms with E-state index < -0.39 is 0 Å². The van der Waals surface area contributed by atoms with Crippen LogP contribution in [-0.2, 0) is 11.3 Å². The number of fused-ring (bicyclic) bond motifs is 1. The summed E-state index contributed by atoms with van der Waals surface area (Å²) in [4.78, 5) is 26.1. The highest BCUT2D eigenvalue weighted by atomic mass is 19.1. The van der Waals surface area contributed by atoms with Crippen molar-refractivity contribution in [3.05, 3.63) is 59.0 Å². The minimum absolute atomic E-state index is 0.111. The first-order valence-corrected chi connectivity index (χ1v) is 12.6. The Morgan fingerprint density at radius 1 is 1.22 bits per heavy atom. The molecule has 2 fully saturated rings. The highest BCUT2D eigenvalue weighted by Crippen LogP contribution is 2.32. The van der Waals surface area contributed by atoms with Crippen LogP contribution in [0.25, 0.3) is 11.0 Å². The standard InChI is InChI=1S/C27H33FN6O2/c1-33(2)27(35)20-14-22(26-23(15-20)31-17-24(32-26)34-10-12-36-13-11-34)30-16-19-4-3-5-21(28)25(19)18-6-8-29-9-7-18/h3-5,14-15,17-18,29-30H,6-13,16H2,1-2H3. The molecule has 9 heteroatoms. The first-order chi connectivity index (χ1) is 17.5. The zero-order valence-electron chi connectivity index (χ0n) is 20.9. The number of morpholine rings is 1. The third kappa shape index (κ3) is 5.12. The number of nitrogens with zero attached hydrogens (tertiary/aromatic N) is 4. The highest BCUT2D eigenvalue weighted by Gasteiger charge is 2.22. The normalized spacial score (nSPS) is 16.8. The van der Waals surface area contributed by atoms with E-state index in [1.54, 1.807) is 43.4 Å². The second-order valence-corrected chi connectivity index (χ2v) is 9.61. The predicted molar refractivity (Wildman–Crippen MR) is 139 cm³/mol. The number of anilines is 2. The molecule has 0 unspecified atom stereocenters. The maximum absolute atomic E-state index is 15.0. The Balaban J connectivity index is 1.51. The zero-order valence-corrected chi connectivity index (χ0v) is 20.9. The molecule has 5 rings (SSSR count). The van der Waals surface area contributed by atoms with Gasteiger partial charge in [0.05, 0.1) is 30.6 Å². The average molecular weight is 493 g/mol. The summed E-state index contributed by atoms with van der Waals surface area (Å²) >= 11 is 0. The molecule has 1 amide bonds. The second kappa shape index (κ2) is 10.8. The monoisotopic (exact) mass is 492 g/mol. The largest absolute Gasteiger partial charge is 0.379 e. The molecule has 0 bridgehead atoms. The van der Waals surface area contributed by atoms with Gasteiger partial charge in [-0.1, -0.05) is 12.1 Å². The van der Waals surface area contributed by atoms with Crippen molar-refractivity contribution in [2.45, 2.75) is 25.3 Å². The number of amides is 1. The molecule has 36 heavy (non-hydrogen) atoms. The maximum Gasteiger partial charge on any atom is 0.253 e. The molecule has 2 N–H and O–H groups in total. The van der Waals surface area contributed by atoms with Crippen molar-refractivity contribution in [1.82, 2.24) is 20.2 Å². The molecule has 3 heterocycles. The van der Waals surface area contributed by atoms with Crippen LogP contribution in [0.2, 0.25) is 0 Å². The van der Waals surface area contributed by atoms with E-state index in [1.807, 2.05) is 12.1 Å². The summed E-state index contributed by atoms with van der Waals surface area (Å²) < 4.78 is 20.5. The fourth-order valence-corrected chi connectivity index (χ4v) is 5.06. The lowest BCUT2D eigenvalue weighted by atomic mass is 9.86. The van der Waals surface area contributed by atoms with Crippen molar-refractivity contribution >= 4 is 28.4 Å². The summed E-state index contributed by atoms with van der Waals surface area (Å²) in [6.07, 6.45) is 3.58. The molecule has 0 radical (unpaired) electrons. The maximum atomic E-state index is 15.0. The van der Waals surface area contributed by atoms with Crippen LogP contribution in [0.3, 0.4) is 0 Å². The molecule has 2 saturated heterocycles. The lowest BCUT2D eigenvalue weighted by molar-refractivity contribution is 0.0827. The zero-order chi connectivity index (χ0) is 25.1. The summed E-state index contributed by atoms with van der Waals surface area (Å²) in [7, 11) is 3.45. The van der Waals surface area contributed by atoms with Crippen LogP contribution in [0, 0.1) is 5.82 Å². The van der Waals surface area contributed by atoms with Gasteiger partial charge in [0.25, 0.3) is 5.91 Å². The molecule has 1 aromatic heterocycles. The van der Waals surface area contributed by atoms with Gasteiger partial charge in [0, 0.05) is 39.3 Å². The highest BCUT2D eigenvalue weighted by molar-refractivity contribution is 6.01. The van der Waals surface area contributed by atoms with E-state index in [4.69, 9.17) is 9.72 Å². The quantitative estimate of drug-likeness (QED) is 0.546. The van der Waals surface area contributed by atoms with Crippen LogP contribution in [0.5, 0.6) is 0 Å². The number of ether oxygens (including phenoxy) is 1. The van der Waals surface area contributed by atoms with E-state index in [-0.39, 0.29) is 17.6 Å². The van der Waals surface area contributed by atoms with E-state index in [1.165, 1.54) is 0 Å². The number of carbonyl (C=O) groups excluding carboxylic acids is 1. The Morgan fingerprint density at radius 3 is 2.75 bits per heavy atom. The minimum Gasteiger partial charge on any atom is -0.379 e. The van der Waals surface area contributed by atoms with Gasteiger partial charge in [0.15, 0.2) is 0 Å². The summed E-state index contributed by atoms with van der Waals surface area (Å²) in [6, 6.07) is 8.90. The van der Waals surface area contributed by atoms with Crippen LogP contribution >= 0.6 is 0 Å². The molecule has 2 aromatic carbocycles. The van der Waals surface area contributed by atoms with Gasteiger partial charge in [-0.2, -0.15) is 0 Å². The van der Waals surface area contributed by atoms with Crippen molar-refractivity contribution in [2.75, 3.05) is 63.7 Å². The fraction of sp³-hybridized carbons (Fsp3) is 0.444. The fourth-order valence-electron chi connectivity index (χ4n) is 5.06. The van der Waals surface area contributed by atoms with Crippen molar-refractivity contribution in [3.63, 3.8) is 0 Å². The third-order valence-corrected chi connectivity index (χ3v) is 6.98. The van der Waals surface area contributed by atoms with Gasteiger partial charge in [-0.25, -0.2) is 9.37 Å². The van der Waals surface area contributed by atoms with Crippen LogP contribution in [0.15, 0.2) is 36.5 Å². The van der Waals surface area contributed by atoms with E-state index in [0.717, 1.165) is 56.0 Å². The van der Waals surface area contributed by atoms with Crippen molar-refractivity contribution < 1.29 is 13.9 Å². The van der Waals surface area contributed by atoms with Gasteiger partial charge in [-0.15, -0.1) is 0 Å². The van der Waals surface area contributed by atoms with Gasteiger partial charge in [-0.3, -0.25) is 9.78 Å². The van der Waals surface area contributed by atoms with E-state index in [0.29, 0.717) is 42.0 Å².